The molecule has 2 heterocycles. The molecular formula is C13H12ClFN4. The maximum atomic E-state index is 13.2. The third kappa shape index (κ3) is 2.21. The van der Waals surface area contributed by atoms with Crippen molar-refractivity contribution in [2.75, 3.05) is 0 Å². The van der Waals surface area contributed by atoms with Gasteiger partial charge < -0.3 is 4.57 Å². The predicted octanol–water partition coefficient (Wildman–Crippen LogP) is 2.70. The zero-order chi connectivity index (χ0) is 13.4. The number of rotatable bonds is 3. The van der Waals surface area contributed by atoms with Gasteiger partial charge in [0.15, 0.2) is 0 Å². The van der Waals surface area contributed by atoms with Crippen LogP contribution in [0.3, 0.4) is 0 Å². The maximum absolute atomic E-state index is 13.2. The summed E-state index contributed by atoms with van der Waals surface area (Å²) in [4.78, 5) is 4.35. The van der Waals surface area contributed by atoms with Crippen LogP contribution in [0.15, 0.2) is 30.5 Å². The second-order valence-electron chi connectivity index (χ2n) is 4.36. The lowest BCUT2D eigenvalue weighted by Crippen LogP contribution is -2.05. The van der Waals surface area contributed by atoms with E-state index in [0.29, 0.717) is 17.9 Å². The van der Waals surface area contributed by atoms with Gasteiger partial charge in [0.25, 0.3) is 0 Å². The minimum atomic E-state index is -0.295. The number of aromatic nitrogens is 4. The molecule has 0 bridgehead atoms. The molecule has 98 valence electrons. The van der Waals surface area contributed by atoms with Crippen LogP contribution in [-0.2, 0) is 19.5 Å². The van der Waals surface area contributed by atoms with Crippen molar-refractivity contribution in [3.05, 3.63) is 47.8 Å². The maximum Gasteiger partial charge on any atom is 0.125 e. The van der Waals surface area contributed by atoms with Crippen molar-refractivity contribution in [3.8, 4) is 0 Å². The molecule has 6 heteroatoms. The van der Waals surface area contributed by atoms with Crippen LogP contribution in [0.5, 0.6) is 0 Å². The highest BCUT2D eigenvalue weighted by Crippen LogP contribution is 2.20. The first kappa shape index (κ1) is 12.2. The Morgan fingerprint density at radius 1 is 1.32 bits per heavy atom. The zero-order valence-electron chi connectivity index (χ0n) is 10.3. The molecule has 0 saturated carbocycles. The molecule has 3 aromatic rings. The molecule has 3 rings (SSSR count). The summed E-state index contributed by atoms with van der Waals surface area (Å²) >= 11 is 5.91. The second kappa shape index (κ2) is 4.66. The van der Waals surface area contributed by atoms with Crippen LogP contribution >= 0.6 is 11.6 Å². The van der Waals surface area contributed by atoms with Gasteiger partial charge in [0.2, 0.25) is 0 Å². The number of aryl methyl sites for hydroxylation is 1. The molecule has 4 nitrogen and oxygen atoms in total. The average Bonchev–Trinajstić information content (AvgIpc) is 2.94. The molecule has 19 heavy (non-hydrogen) atoms. The van der Waals surface area contributed by atoms with Crippen molar-refractivity contribution < 1.29 is 4.39 Å². The highest BCUT2D eigenvalue weighted by Gasteiger charge is 2.12. The second-order valence-corrected chi connectivity index (χ2v) is 4.63. The molecular weight excluding hydrogens is 267 g/mol. The molecule has 0 amide bonds. The minimum absolute atomic E-state index is 0.281. The van der Waals surface area contributed by atoms with E-state index in [2.05, 4.69) is 10.1 Å². The largest absolute Gasteiger partial charge is 0.321 e. The summed E-state index contributed by atoms with van der Waals surface area (Å²) < 4.78 is 16.9. The quantitative estimate of drug-likeness (QED) is 0.691. The fourth-order valence-electron chi connectivity index (χ4n) is 2.14. The van der Waals surface area contributed by atoms with E-state index in [1.807, 2.05) is 23.9 Å². The topological polar surface area (TPSA) is 35.6 Å². The van der Waals surface area contributed by atoms with Crippen molar-refractivity contribution in [3.63, 3.8) is 0 Å². The van der Waals surface area contributed by atoms with Gasteiger partial charge in [-0.3, -0.25) is 4.68 Å². The summed E-state index contributed by atoms with van der Waals surface area (Å²) in [6, 6.07) is 6.50. The average molecular weight is 279 g/mol. The van der Waals surface area contributed by atoms with E-state index < -0.39 is 0 Å². The molecule has 0 saturated heterocycles. The van der Waals surface area contributed by atoms with Crippen molar-refractivity contribution in [2.45, 2.75) is 12.4 Å². The van der Waals surface area contributed by atoms with Gasteiger partial charge in [0, 0.05) is 19.3 Å². The monoisotopic (exact) mass is 278 g/mol. The van der Waals surface area contributed by atoms with Crippen molar-refractivity contribution in [1.82, 2.24) is 19.3 Å². The SMILES string of the molecule is Cn1ccc(Cn2c(CCl)nc3cc(F)ccc32)n1. The molecule has 2 aromatic heterocycles. The van der Waals surface area contributed by atoms with Crippen LogP contribution in [0.1, 0.15) is 11.5 Å². The van der Waals surface area contributed by atoms with Crippen LogP contribution in [0, 0.1) is 5.82 Å². The number of nitrogens with zero attached hydrogens (tertiary/aromatic N) is 4. The van der Waals surface area contributed by atoms with Gasteiger partial charge >= 0.3 is 0 Å². The Morgan fingerprint density at radius 3 is 2.84 bits per heavy atom. The van der Waals surface area contributed by atoms with Crippen LogP contribution < -0.4 is 0 Å². The van der Waals surface area contributed by atoms with E-state index >= 15 is 0 Å². The van der Waals surface area contributed by atoms with Crippen molar-refractivity contribution in [2.24, 2.45) is 7.05 Å². The summed E-state index contributed by atoms with van der Waals surface area (Å²) in [5.41, 5.74) is 2.40. The minimum Gasteiger partial charge on any atom is -0.321 e. The Bertz CT molecular complexity index is 731. The van der Waals surface area contributed by atoms with Crippen LogP contribution in [0.25, 0.3) is 11.0 Å². The van der Waals surface area contributed by atoms with Crippen LogP contribution in [0.4, 0.5) is 4.39 Å². The Morgan fingerprint density at radius 2 is 2.16 bits per heavy atom. The van der Waals surface area contributed by atoms with Gasteiger partial charge in [-0.15, -0.1) is 11.6 Å². The Labute approximate surface area is 114 Å². The molecule has 1 aromatic carbocycles. The molecule has 0 radical (unpaired) electrons. The molecule has 0 aliphatic rings. The lowest BCUT2D eigenvalue weighted by Gasteiger charge is -2.05. The van der Waals surface area contributed by atoms with Crippen LogP contribution in [-0.4, -0.2) is 19.3 Å². The normalized spacial score (nSPS) is 11.3. The first-order valence-electron chi connectivity index (χ1n) is 5.86. The Hall–Kier alpha value is -1.88. The lowest BCUT2D eigenvalue weighted by molar-refractivity contribution is 0.629. The van der Waals surface area contributed by atoms with E-state index in [0.717, 1.165) is 11.2 Å². The number of halogens is 2. The zero-order valence-corrected chi connectivity index (χ0v) is 11.1. The van der Waals surface area contributed by atoms with Crippen molar-refractivity contribution in [1.29, 1.82) is 0 Å². The highest BCUT2D eigenvalue weighted by atomic mass is 35.5. The first-order chi connectivity index (χ1) is 9.17. The first-order valence-corrected chi connectivity index (χ1v) is 6.40. The number of alkyl halides is 1. The summed E-state index contributed by atoms with van der Waals surface area (Å²) in [6.07, 6.45) is 1.88. The highest BCUT2D eigenvalue weighted by molar-refractivity contribution is 6.16. The smallest absolute Gasteiger partial charge is 0.125 e. The van der Waals surface area contributed by atoms with Gasteiger partial charge in [-0.1, -0.05) is 0 Å². The summed E-state index contributed by atoms with van der Waals surface area (Å²) in [7, 11) is 1.87. The third-order valence-corrected chi connectivity index (χ3v) is 3.24. The number of benzene rings is 1. The molecule has 0 aliphatic heterocycles. The fraction of sp³-hybridized carbons (Fsp3) is 0.231. The summed E-state index contributed by atoms with van der Waals surface area (Å²) in [5.74, 6) is 0.701. The summed E-state index contributed by atoms with van der Waals surface area (Å²) in [5, 5.41) is 4.34. The molecule has 0 N–H and O–H groups in total. The van der Waals surface area contributed by atoms with E-state index in [1.54, 1.807) is 10.7 Å². The van der Waals surface area contributed by atoms with E-state index in [4.69, 9.17) is 11.6 Å². The van der Waals surface area contributed by atoms with Gasteiger partial charge in [-0.25, -0.2) is 9.37 Å². The van der Waals surface area contributed by atoms with Gasteiger partial charge in [-0.05, 0) is 18.2 Å². The van der Waals surface area contributed by atoms with Crippen LogP contribution in [0.2, 0.25) is 0 Å². The van der Waals surface area contributed by atoms with Crippen molar-refractivity contribution >= 4 is 22.6 Å². The van der Waals surface area contributed by atoms with E-state index in [1.165, 1.54) is 12.1 Å². The molecule has 0 spiro atoms. The Balaban J connectivity index is 2.10. The number of fused-ring (bicyclic) bond motifs is 1. The Kier molecular flexibility index (Phi) is 2.98. The number of hydrogen-bond acceptors (Lipinski definition) is 2. The number of imidazole rings is 1. The molecule has 0 fully saturated rings. The standard InChI is InChI=1S/C13H12ClFN4/c1-18-5-4-10(17-18)8-19-12-3-2-9(15)6-11(12)16-13(19)7-14/h2-6H,7-8H2,1H3. The van der Waals surface area contributed by atoms with Gasteiger partial charge in [-0.2, -0.15) is 5.10 Å². The molecule has 0 aliphatic carbocycles. The summed E-state index contributed by atoms with van der Waals surface area (Å²) in [6.45, 7) is 0.574. The van der Waals surface area contributed by atoms with Gasteiger partial charge in [0.1, 0.15) is 11.6 Å². The molecule has 0 atom stereocenters. The van der Waals surface area contributed by atoms with E-state index in [-0.39, 0.29) is 11.7 Å². The number of hydrogen-bond donors (Lipinski definition) is 0. The molecule has 0 unspecified atom stereocenters. The predicted molar refractivity (Wildman–Crippen MR) is 71.6 cm³/mol. The van der Waals surface area contributed by atoms with Gasteiger partial charge in [0.05, 0.1) is 29.2 Å². The van der Waals surface area contributed by atoms with E-state index in [9.17, 15) is 4.39 Å². The fourth-order valence-corrected chi connectivity index (χ4v) is 2.34. The lowest BCUT2D eigenvalue weighted by atomic mass is 10.3. The third-order valence-electron chi connectivity index (χ3n) is 3.00.